The molecule has 3 rings (SSSR count). The molecule has 0 aliphatic heterocycles. The molecule has 0 saturated heterocycles. The van der Waals surface area contributed by atoms with Crippen LogP contribution in [0.25, 0.3) is 5.82 Å². The van der Waals surface area contributed by atoms with Gasteiger partial charge in [-0.3, -0.25) is 4.79 Å². The van der Waals surface area contributed by atoms with E-state index >= 15 is 0 Å². The number of pyridine rings is 1. The maximum Gasteiger partial charge on any atom is 0.257 e. The van der Waals surface area contributed by atoms with Crippen LogP contribution >= 0.6 is 0 Å². The van der Waals surface area contributed by atoms with Crippen molar-refractivity contribution in [1.82, 2.24) is 19.7 Å². The van der Waals surface area contributed by atoms with Gasteiger partial charge in [0, 0.05) is 19.3 Å². The van der Waals surface area contributed by atoms with Crippen molar-refractivity contribution in [3.05, 3.63) is 77.7 Å². The van der Waals surface area contributed by atoms with E-state index in [1.807, 2.05) is 67.3 Å². The monoisotopic (exact) mass is 320 g/mol. The Labute approximate surface area is 141 Å². The van der Waals surface area contributed by atoms with Crippen molar-refractivity contribution >= 4 is 5.91 Å². The molecule has 5 nitrogen and oxygen atoms in total. The van der Waals surface area contributed by atoms with Crippen molar-refractivity contribution in [2.24, 2.45) is 0 Å². The Morgan fingerprint density at radius 1 is 1.12 bits per heavy atom. The van der Waals surface area contributed by atoms with Gasteiger partial charge in [-0.05, 0) is 31.5 Å². The van der Waals surface area contributed by atoms with Crippen LogP contribution in [0.2, 0.25) is 0 Å². The van der Waals surface area contributed by atoms with E-state index < -0.39 is 0 Å². The molecule has 1 amide bonds. The molecule has 0 atom stereocenters. The van der Waals surface area contributed by atoms with E-state index in [1.165, 1.54) is 0 Å². The number of hydrogen-bond donors (Lipinski definition) is 0. The van der Waals surface area contributed by atoms with Gasteiger partial charge >= 0.3 is 0 Å². The zero-order chi connectivity index (χ0) is 16.9. The number of benzene rings is 1. The van der Waals surface area contributed by atoms with Crippen molar-refractivity contribution in [1.29, 1.82) is 0 Å². The van der Waals surface area contributed by atoms with Crippen LogP contribution in [-0.4, -0.2) is 32.1 Å². The molecule has 0 fully saturated rings. The van der Waals surface area contributed by atoms with E-state index in [-0.39, 0.29) is 5.91 Å². The molecule has 0 bridgehead atoms. The van der Waals surface area contributed by atoms with Gasteiger partial charge in [0.25, 0.3) is 5.91 Å². The lowest BCUT2D eigenvalue weighted by Crippen LogP contribution is -2.30. The number of carbonyl (C=O) groups excluding carboxylic acids is 1. The van der Waals surface area contributed by atoms with Gasteiger partial charge in [0.2, 0.25) is 0 Å². The maximum absolute atomic E-state index is 12.9. The summed E-state index contributed by atoms with van der Waals surface area (Å²) in [5.74, 6) is 0.696. The van der Waals surface area contributed by atoms with Gasteiger partial charge in [-0.2, -0.15) is 5.10 Å². The summed E-state index contributed by atoms with van der Waals surface area (Å²) in [5.41, 5.74) is 2.52. The average molecular weight is 320 g/mol. The number of hydrogen-bond acceptors (Lipinski definition) is 3. The first kappa shape index (κ1) is 15.9. The molecule has 0 aliphatic rings. The standard InChI is InChI=1S/C19H20N4O/c1-3-22(14-16-9-5-4-6-10-16)19(24)17-13-21-23(15(17)2)18-11-7-8-12-20-18/h4-13H,3,14H2,1-2H3. The second-order valence-corrected chi connectivity index (χ2v) is 5.55. The summed E-state index contributed by atoms with van der Waals surface area (Å²) in [6.07, 6.45) is 3.34. The smallest absolute Gasteiger partial charge is 0.257 e. The maximum atomic E-state index is 12.9. The summed E-state index contributed by atoms with van der Waals surface area (Å²) in [7, 11) is 0. The van der Waals surface area contributed by atoms with Crippen LogP contribution in [0, 0.1) is 6.92 Å². The van der Waals surface area contributed by atoms with E-state index in [2.05, 4.69) is 10.1 Å². The molecule has 24 heavy (non-hydrogen) atoms. The summed E-state index contributed by atoms with van der Waals surface area (Å²) in [6, 6.07) is 15.6. The molecule has 1 aromatic carbocycles. The zero-order valence-corrected chi connectivity index (χ0v) is 13.9. The Hall–Kier alpha value is -2.95. The second-order valence-electron chi connectivity index (χ2n) is 5.55. The van der Waals surface area contributed by atoms with Gasteiger partial charge in [-0.1, -0.05) is 36.4 Å². The first-order valence-electron chi connectivity index (χ1n) is 8.00. The molecule has 0 aliphatic carbocycles. The summed E-state index contributed by atoms with van der Waals surface area (Å²) in [4.78, 5) is 19.0. The Kier molecular flexibility index (Phi) is 4.70. The SMILES string of the molecule is CCN(Cc1ccccc1)C(=O)c1cnn(-c2ccccn2)c1C. The largest absolute Gasteiger partial charge is 0.334 e. The highest BCUT2D eigenvalue weighted by molar-refractivity contribution is 5.95. The van der Waals surface area contributed by atoms with Crippen LogP contribution in [0.1, 0.15) is 28.5 Å². The van der Waals surface area contributed by atoms with Crippen molar-refractivity contribution < 1.29 is 4.79 Å². The van der Waals surface area contributed by atoms with E-state index in [0.717, 1.165) is 11.3 Å². The number of carbonyl (C=O) groups is 1. The number of amides is 1. The van der Waals surface area contributed by atoms with Crippen molar-refractivity contribution in [2.45, 2.75) is 20.4 Å². The number of nitrogens with zero attached hydrogens (tertiary/aromatic N) is 4. The average Bonchev–Trinajstić information content (AvgIpc) is 3.02. The molecule has 2 aromatic heterocycles. The van der Waals surface area contributed by atoms with Gasteiger partial charge in [0.15, 0.2) is 5.82 Å². The first-order chi connectivity index (χ1) is 11.7. The van der Waals surface area contributed by atoms with Crippen LogP contribution in [-0.2, 0) is 6.54 Å². The predicted octanol–water partition coefficient (Wildman–Crippen LogP) is 3.24. The molecule has 3 aromatic rings. The fraction of sp³-hybridized carbons (Fsp3) is 0.211. The van der Waals surface area contributed by atoms with E-state index in [4.69, 9.17) is 0 Å². The third kappa shape index (κ3) is 3.20. The van der Waals surface area contributed by atoms with Crippen LogP contribution in [0.4, 0.5) is 0 Å². The lowest BCUT2D eigenvalue weighted by molar-refractivity contribution is 0.0752. The molecule has 2 heterocycles. The molecule has 0 radical (unpaired) electrons. The van der Waals surface area contributed by atoms with Gasteiger partial charge in [-0.25, -0.2) is 9.67 Å². The molecule has 0 spiro atoms. The number of rotatable bonds is 5. The van der Waals surface area contributed by atoms with Crippen molar-refractivity contribution in [2.75, 3.05) is 6.54 Å². The number of aromatic nitrogens is 3. The minimum Gasteiger partial charge on any atom is -0.334 e. The van der Waals surface area contributed by atoms with Crippen molar-refractivity contribution in [3.8, 4) is 5.82 Å². The fourth-order valence-corrected chi connectivity index (χ4v) is 2.63. The Balaban J connectivity index is 1.85. The quantitative estimate of drug-likeness (QED) is 0.725. The van der Waals surface area contributed by atoms with E-state index in [9.17, 15) is 4.79 Å². The molecular formula is C19H20N4O. The van der Waals surface area contributed by atoms with E-state index in [0.29, 0.717) is 24.5 Å². The van der Waals surface area contributed by atoms with Crippen LogP contribution < -0.4 is 0 Å². The van der Waals surface area contributed by atoms with Gasteiger partial charge < -0.3 is 4.90 Å². The fourth-order valence-electron chi connectivity index (χ4n) is 2.63. The third-order valence-corrected chi connectivity index (χ3v) is 3.99. The second kappa shape index (κ2) is 7.08. The highest BCUT2D eigenvalue weighted by Crippen LogP contribution is 2.16. The Morgan fingerprint density at radius 3 is 2.54 bits per heavy atom. The van der Waals surface area contributed by atoms with Gasteiger partial charge in [-0.15, -0.1) is 0 Å². The molecule has 0 N–H and O–H groups in total. The zero-order valence-electron chi connectivity index (χ0n) is 13.9. The van der Waals surface area contributed by atoms with Crippen molar-refractivity contribution in [3.63, 3.8) is 0 Å². The molecule has 0 saturated carbocycles. The first-order valence-corrected chi connectivity index (χ1v) is 8.00. The van der Waals surface area contributed by atoms with Crippen LogP contribution in [0.15, 0.2) is 60.9 Å². The van der Waals surface area contributed by atoms with Crippen LogP contribution in [0.3, 0.4) is 0 Å². The van der Waals surface area contributed by atoms with Crippen LogP contribution in [0.5, 0.6) is 0 Å². The summed E-state index contributed by atoms with van der Waals surface area (Å²) < 4.78 is 1.70. The third-order valence-electron chi connectivity index (χ3n) is 3.99. The molecule has 5 heteroatoms. The molecular weight excluding hydrogens is 300 g/mol. The highest BCUT2D eigenvalue weighted by Gasteiger charge is 2.20. The summed E-state index contributed by atoms with van der Waals surface area (Å²) in [6.45, 7) is 5.11. The minimum atomic E-state index is -0.0129. The summed E-state index contributed by atoms with van der Waals surface area (Å²) in [5, 5.41) is 4.34. The van der Waals surface area contributed by atoms with E-state index in [1.54, 1.807) is 17.1 Å². The molecule has 0 unspecified atom stereocenters. The minimum absolute atomic E-state index is 0.0129. The highest BCUT2D eigenvalue weighted by atomic mass is 16.2. The summed E-state index contributed by atoms with van der Waals surface area (Å²) >= 11 is 0. The van der Waals surface area contributed by atoms with Gasteiger partial charge in [0.1, 0.15) is 0 Å². The topological polar surface area (TPSA) is 51.0 Å². The Morgan fingerprint density at radius 2 is 1.88 bits per heavy atom. The lowest BCUT2D eigenvalue weighted by Gasteiger charge is -2.20. The Bertz CT molecular complexity index is 812. The normalized spacial score (nSPS) is 10.6. The van der Waals surface area contributed by atoms with Gasteiger partial charge in [0.05, 0.1) is 17.5 Å². The predicted molar refractivity (Wildman–Crippen MR) is 93.0 cm³/mol. The molecule has 122 valence electrons. The lowest BCUT2D eigenvalue weighted by atomic mass is 10.2.